The molecule has 6 heteroatoms. The number of nitrogens with zero attached hydrogens (tertiary/aromatic N) is 1. The van der Waals surface area contributed by atoms with Gasteiger partial charge in [-0.05, 0) is 82.3 Å². The van der Waals surface area contributed by atoms with E-state index in [2.05, 4.69) is 4.90 Å². The van der Waals surface area contributed by atoms with Gasteiger partial charge in [0.2, 0.25) is 0 Å². The van der Waals surface area contributed by atoms with Crippen molar-refractivity contribution >= 4 is 15.8 Å². The molecule has 4 rings (SSSR count). The molecule has 1 heterocycles. The summed E-state index contributed by atoms with van der Waals surface area (Å²) in [5, 5.41) is 1.20. The van der Waals surface area contributed by atoms with Gasteiger partial charge in [-0.3, -0.25) is 4.90 Å². The Morgan fingerprint density at radius 1 is 0.939 bits per heavy atom. The first kappa shape index (κ1) is 23.7. The van der Waals surface area contributed by atoms with E-state index in [0.717, 1.165) is 49.7 Å². The summed E-state index contributed by atoms with van der Waals surface area (Å²) in [7, 11) is -3.73. The molecule has 1 aliphatic carbocycles. The first-order valence-corrected chi connectivity index (χ1v) is 13.5. The normalized spacial score (nSPS) is 20.0. The number of sulfone groups is 1. The van der Waals surface area contributed by atoms with Gasteiger partial charge in [0, 0.05) is 5.41 Å². The Labute approximate surface area is 197 Å². The second-order valence-electron chi connectivity index (χ2n) is 9.15. The zero-order valence-electron chi connectivity index (χ0n) is 19.3. The largest absolute Gasteiger partial charge is 0.460 e. The molecule has 33 heavy (non-hydrogen) atoms. The van der Waals surface area contributed by atoms with Crippen molar-refractivity contribution in [3.05, 3.63) is 77.2 Å². The number of ether oxygens (including phenoxy) is 1. The molecule has 2 aromatic carbocycles. The highest BCUT2D eigenvalue weighted by Gasteiger charge is 2.47. The van der Waals surface area contributed by atoms with E-state index in [1.54, 1.807) is 30.3 Å². The minimum atomic E-state index is -3.73. The monoisotopic (exact) mass is 467 g/mol. The summed E-state index contributed by atoms with van der Waals surface area (Å²) in [5.74, 6) is -0.377. The van der Waals surface area contributed by atoms with E-state index in [0.29, 0.717) is 13.1 Å². The quantitative estimate of drug-likeness (QED) is 0.527. The van der Waals surface area contributed by atoms with Crippen LogP contribution in [0.25, 0.3) is 0 Å². The Morgan fingerprint density at radius 3 is 2.21 bits per heavy atom. The summed E-state index contributed by atoms with van der Waals surface area (Å²) in [4.78, 5) is 16.2. The molecule has 176 valence electrons. The molecule has 0 N–H and O–H groups in total. The Hall–Kier alpha value is -2.44. The van der Waals surface area contributed by atoms with Crippen LogP contribution in [0.15, 0.2) is 71.0 Å². The number of esters is 1. The standard InChI is InChI=1S/C27H33NO4S/c1-22-14-16-25(17-15-22)33(30,31)21-18-27(28-19-8-9-20-28,23-10-4-2-5-11-23)26(29)32-24-12-6-3-7-13-24/h2,4-5,10-11,14-18,21,24H,3,6-9,12-13,19-20H2,1H3/b21-18+/t27-/m1/s1. The number of carbonyl (C=O) groups excluding carboxylic acids is 1. The smallest absolute Gasteiger partial charge is 0.335 e. The van der Waals surface area contributed by atoms with Gasteiger partial charge in [-0.2, -0.15) is 0 Å². The fourth-order valence-corrected chi connectivity index (χ4v) is 5.93. The van der Waals surface area contributed by atoms with Crippen LogP contribution in [0.5, 0.6) is 0 Å². The molecule has 0 radical (unpaired) electrons. The molecular weight excluding hydrogens is 434 g/mol. The average molecular weight is 468 g/mol. The molecule has 2 fully saturated rings. The molecule has 1 saturated carbocycles. The molecule has 0 unspecified atom stereocenters. The Kier molecular flexibility index (Phi) is 7.35. The van der Waals surface area contributed by atoms with Crippen LogP contribution in [-0.4, -0.2) is 38.5 Å². The molecule has 0 amide bonds. The van der Waals surface area contributed by atoms with Crippen molar-refractivity contribution in [1.82, 2.24) is 4.90 Å². The first-order chi connectivity index (χ1) is 15.9. The number of hydrogen-bond acceptors (Lipinski definition) is 5. The predicted molar refractivity (Wildman–Crippen MR) is 129 cm³/mol. The lowest BCUT2D eigenvalue weighted by Crippen LogP contribution is -2.51. The number of hydrogen-bond donors (Lipinski definition) is 0. The molecule has 5 nitrogen and oxygen atoms in total. The number of carbonyl (C=O) groups is 1. The zero-order valence-corrected chi connectivity index (χ0v) is 20.1. The van der Waals surface area contributed by atoms with Gasteiger partial charge >= 0.3 is 5.97 Å². The third kappa shape index (κ3) is 5.22. The maximum Gasteiger partial charge on any atom is 0.335 e. The molecule has 1 atom stereocenters. The minimum Gasteiger partial charge on any atom is -0.460 e. The Balaban J connectivity index is 1.77. The van der Waals surface area contributed by atoms with Crippen LogP contribution < -0.4 is 0 Å². The van der Waals surface area contributed by atoms with E-state index in [-0.39, 0.29) is 17.0 Å². The highest BCUT2D eigenvalue weighted by Crippen LogP contribution is 2.37. The van der Waals surface area contributed by atoms with Gasteiger partial charge in [0.05, 0.1) is 4.90 Å². The minimum absolute atomic E-state index is 0.112. The van der Waals surface area contributed by atoms with E-state index in [1.807, 2.05) is 37.3 Å². The fraction of sp³-hybridized carbons (Fsp3) is 0.444. The van der Waals surface area contributed by atoms with Crippen LogP contribution in [0.4, 0.5) is 0 Å². The van der Waals surface area contributed by atoms with Crippen LogP contribution in [0.3, 0.4) is 0 Å². The van der Waals surface area contributed by atoms with Crippen LogP contribution in [-0.2, 0) is 24.9 Å². The van der Waals surface area contributed by atoms with Crippen LogP contribution in [0, 0.1) is 6.92 Å². The highest BCUT2D eigenvalue weighted by atomic mass is 32.2. The van der Waals surface area contributed by atoms with Crippen molar-refractivity contribution in [2.45, 2.75) is 68.4 Å². The predicted octanol–water partition coefficient (Wildman–Crippen LogP) is 5.15. The number of rotatable bonds is 7. The lowest BCUT2D eigenvalue weighted by Gasteiger charge is -2.39. The average Bonchev–Trinajstić information content (AvgIpc) is 3.36. The van der Waals surface area contributed by atoms with E-state index in [9.17, 15) is 13.2 Å². The number of aryl methyl sites for hydroxylation is 1. The van der Waals surface area contributed by atoms with Gasteiger partial charge in [0.15, 0.2) is 15.4 Å². The van der Waals surface area contributed by atoms with Gasteiger partial charge in [-0.25, -0.2) is 13.2 Å². The molecular formula is C27H33NO4S. The van der Waals surface area contributed by atoms with Crippen molar-refractivity contribution in [2.75, 3.05) is 13.1 Å². The molecule has 0 aromatic heterocycles. The maximum absolute atomic E-state index is 13.9. The van der Waals surface area contributed by atoms with E-state index >= 15 is 0 Å². The van der Waals surface area contributed by atoms with E-state index in [4.69, 9.17) is 4.74 Å². The third-order valence-corrected chi connectivity index (χ3v) is 8.22. The second kappa shape index (κ2) is 10.2. The summed E-state index contributed by atoms with van der Waals surface area (Å²) in [6.45, 7) is 3.34. The fourth-order valence-electron chi connectivity index (χ4n) is 4.88. The van der Waals surface area contributed by atoms with Crippen LogP contribution >= 0.6 is 0 Å². The molecule has 1 aliphatic heterocycles. The molecule has 2 aromatic rings. The Morgan fingerprint density at radius 2 is 1.58 bits per heavy atom. The van der Waals surface area contributed by atoms with E-state index in [1.165, 1.54) is 11.8 Å². The van der Waals surface area contributed by atoms with Crippen molar-refractivity contribution in [3.63, 3.8) is 0 Å². The number of benzene rings is 2. The summed E-state index contributed by atoms with van der Waals surface area (Å²) >= 11 is 0. The van der Waals surface area contributed by atoms with Crippen molar-refractivity contribution in [2.24, 2.45) is 0 Å². The van der Waals surface area contributed by atoms with Gasteiger partial charge < -0.3 is 4.74 Å². The summed E-state index contributed by atoms with van der Waals surface area (Å²) < 4.78 is 32.5. The lowest BCUT2D eigenvalue weighted by molar-refractivity contribution is -0.162. The Bertz CT molecular complexity index is 1070. The second-order valence-corrected chi connectivity index (χ2v) is 11.0. The van der Waals surface area contributed by atoms with E-state index < -0.39 is 15.4 Å². The van der Waals surface area contributed by atoms with Gasteiger partial charge in [0.1, 0.15) is 6.10 Å². The highest BCUT2D eigenvalue weighted by molar-refractivity contribution is 7.94. The van der Waals surface area contributed by atoms with Crippen molar-refractivity contribution < 1.29 is 17.9 Å². The van der Waals surface area contributed by atoms with Crippen LogP contribution in [0.1, 0.15) is 56.1 Å². The summed E-state index contributed by atoms with van der Waals surface area (Å²) in [6, 6.07) is 16.2. The zero-order chi connectivity index (χ0) is 23.3. The summed E-state index contributed by atoms with van der Waals surface area (Å²) in [6.07, 6.45) is 8.37. The first-order valence-electron chi connectivity index (χ1n) is 11.9. The maximum atomic E-state index is 13.9. The van der Waals surface area contributed by atoms with Crippen molar-refractivity contribution in [1.29, 1.82) is 0 Å². The van der Waals surface area contributed by atoms with Gasteiger partial charge in [0.25, 0.3) is 0 Å². The molecule has 1 saturated heterocycles. The van der Waals surface area contributed by atoms with Crippen LogP contribution in [0.2, 0.25) is 0 Å². The number of likely N-dealkylation sites (tertiary alicyclic amines) is 1. The SMILES string of the molecule is Cc1ccc(S(=O)(=O)/C=C/[C@](C(=O)OC2CCCCC2)(c2ccccc2)N2CCCC2)cc1. The summed E-state index contributed by atoms with van der Waals surface area (Å²) in [5.41, 5.74) is 0.459. The lowest BCUT2D eigenvalue weighted by atomic mass is 9.87. The molecule has 2 aliphatic rings. The third-order valence-electron chi connectivity index (χ3n) is 6.79. The van der Waals surface area contributed by atoms with Gasteiger partial charge in [-0.15, -0.1) is 0 Å². The van der Waals surface area contributed by atoms with Gasteiger partial charge in [-0.1, -0.05) is 54.4 Å². The van der Waals surface area contributed by atoms with Crippen molar-refractivity contribution in [3.8, 4) is 0 Å². The molecule has 0 bridgehead atoms. The molecule has 0 spiro atoms. The topological polar surface area (TPSA) is 63.7 Å².